The number of carbonyl (C=O) groups is 1. The van der Waals surface area contributed by atoms with Gasteiger partial charge in [-0.2, -0.15) is 0 Å². The molecule has 3 rings (SSSR count). The van der Waals surface area contributed by atoms with Crippen molar-refractivity contribution in [1.82, 2.24) is 4.98 Å². The first kappa shape index (κ1) is 11.0. The summed E-state index contributed by atoms with van der Waals surface area (Å²) in [6.07, 6.45) is 0. The van der Waals surface area contributed by atoms with Crippen molar-refractivity contribution in [2.24, 2.45) is 0 Å². The number of aryl methyl sites for hydroxylation is 1. The van der Waals surface area contributed by atoms with Crippen molar-refractivity contribution in [1.29, 1.82) is 0 Å². The van der Waals surface area contributed by atoms with Gasteiger partial charge in [-0.1, -0.05) is 6.07 Å². The van der Waals surface area contributed by atoms with E-state index in [9.17, 15) is 9.59 Å². The summed E-state index contributed by atoms with van der Waals surface area (Å²) in [5.41, 5.74) is 1.12. The highest BCUT2D eigenvalue weighted by Gasteiger charge is 2.14. The van der Waals surface area contributed by atoms with Crippen LogP contribution in [0.15, 0.2) is 28.4 Å². The van der Waals surface area contributed by atoms with Crippen LogP contribution in [0.1, 0.15) is 15.2 Å². The molecule has 0 aliphatic rings. The summed E-state index contributed by atoms with van der Waals surface area (Å²) in [7, 11) is 0. The molecule has 0 aliphatic carbocycles. The normalized spacial score (nSPS) is 11.2. The van der Waals surface area contributed by atoms with Gasteiger partial charge >= 0.3 is 5.97 Å². The third-order valence-corrected chi connectivity index (χ3v) is 3.92. The van der Waals surface area contributed by atoms with Crippen LogP contribution >= 0.6 is 11.3 Å². The molecular weight excluding hydrogens is 250 g/mol. The first-order valence-electron chi connectivity index (χ1n) is 5.35. The molecular formula is C13H9NO3S. The van der Waals surface area contributed by atoms with Crippen molar-refractivity contribution in [3.8, 4) is 0 Å². The van der Waals surface area contributed by atoms with Crippen LogP contribution in [0.25, 0.3) is 21.8 Å². The van der Waals surface area contributed by atoms with Gasteiger partial charge in [0, 0.05) is 15.6 Å². The van der Waals surface area contributed by atoms with Gasteiger partial charge in [0.2, 0.25) is 0 Å². The van der Waals surface area contributed by atoms with Crippen LogP contribution in [-0.2, 0) is 0 Å². The van der Waals surface area contributed by atoms with Gasteiger partial charge in [0.15, 0.2) is 5.43 Å². The number of hydrogen-bond acceptors (Lipinski definition) is 3. The van der Waals surface area contributed by atoms with Crippen LogP contribution < -0.4 is 5.43 Å². The van der Waals surface area contributed by atoms with E-state index in [1.165, 1.54) is 17.4 Å². The number of thiophene rings is 1. The zero-order chi connectivity index (χ0) is 12.9. The van der Waals surface area contributed by atoms with E-state index in [1.54, 1.807) is 17.5 Å². The molecule has 18 heavy (non-hydrogen) atoms. The number of para-hydroxylation sites is 1. The highest BCUT2D eigenvalue weighted by atomic mass is 32.1. The molecule has 0 spiro atoms. The van der Waals surface area contributed by atoms with E-state index in [4.69, 9.17) is 5.11 Å². The number of aromatic carboxylic acids is 1. The van der Waals surface area contributed by atoms with Crippen molar-refractivity contribution < 1.29 is 9.90 Å². The molecule has 0 aliphatic heterocycles. The minimum absolute atomic E-state index is 0.119. The molecule has 2 heterocycles. The Morgan fingerprint density at radius 2 is 2.06 bits per heavy atom. The number of aromatic amines is 1. The summed E-state index contributed by atoms with van der Waals surface area (Å²) < 4.78 is 0. The van der Waals surface area contributed by atoms with Crippen molar-refractivity contribution in [2.45, 2.75) is 6.92 Å². The number of nitrogens with one attached hydrogen (secondary N) is 1. The maximum absolute atomic E-state index is 12.3. The molecule has 0 unspecified atom stereocenters. The fraction of sp³-hybridized carbons (Fsp3) is 0.0769. The molecule has 4 nitrogen and oxygen atoms in total. The lowest BCUT2D eigenvalue weighted by Gasteiger charge is -2.03. The zero-order valence-corrected chi connectivity index (χ0v) is 10.3. The van der Waals surface area contributed by atoms with Gasteiger partial charge in [-0.3, -0.25) is 4.79 Å². The Morgan fingerprint density at radius 3 is 2.78 bits per heavy atom. The minimum Gasteiger partial charge on any atom is -0.478 e. The fourth-order valence-corrected chi connectivity index (χ4v) is 2.90. The van der Waals surface area contributed by atoms with Crippen LogP contribution in [0.3, 0.4) is 0 Å². The predicted molar refractivity (Wildman–Crippen MR) is 71.6 cm³/mol. The van der Waals surface area contributed by atoms with Gasteiger partial charge in [0.25, 0.3) is 0 Å². The molecule has 0 bridgehead atoms. The summed E-state index contributed by atoms with van der Waals surface area (Å²) in [5.74, 6) is -1.04. The number of benzene rings is 1. The van der Waals surface area contributed by atoms with Crippen molar-refractivity contribution in [2.75, 3.05) is 0 Å². The molecule has 5 heteroatoms. The summed E-state index contributed by atoms with van der Waals surface area (Å²) in [5, 5.41) is 12.0. The Morgan fingerprint density at radius 1 is 1.28 bits per heavy atom. The maximum Gasteiger partial charge on any atom is 0.337 e. The van der Waals surface area contributed by atoms with Crippen molar-refractivity contribution >= 4 is 39.1 Å². The zero-order valence-electron chi connectivity index (χ0n) is 9.48. The Bertz CT molecular complexity index is 844. The summed E-state index contributed by atoms with van der Waals surface area (Å²) >= 11 is 1.48. The van der Waals surface area contributed by atoms with Crippen LogP contribution in [0, 0.1) is 6.92 Å². The van der Waals surface area contributed by atoms with Gasteiger partial charge in [-0.15, -0.1) is 11.3 Å². The Labute approximate surface area is 106 Å². The number of pyridine rings is 1. The predicted octanol–water partition coefficient (Wildman–Crippen LogP) is 2.75. The first-order chi connectivity index (χ1) is 8.59. The van der Waals surface area contributed by atoms with Crippen LogP contribution in [0.4, 0.5) is 0 Å². The highest BCUT2D eigenvalue weighted by molar-refractivity contribution is 7.11. The third kappa shape index (κ3) is 1.37. The molecule has 2 N–H and O–H groups in total. The molecule has 90 valence electrons. The second-order valence-corrected chi connectivity index (χ2v) is 5.15. The minimum atomic E-state index is -1.04. The lowest BCUT2D eigenvalue weighted by molar-refractivity contribution is 0.0699. The average molecular weight is 259 g/mol. The van der Waals surface area contributed by atoms with E-state index < -0.39 is 5.97 Å². The Balaban J connectivity index is 2.62. The molecule has 0 saturated heterocycles. The molecule has 2 aromatic heterocycles. The lowest BCUT2D eigenvalue weighted by atomic mass is 10.1. The second-order valence-electron chi connectivity index (χ2n) is 4.07. The SMILES string of the molecule is Cc1scc2c(=O)c3cccc(C(=O)O)c3[nH]c12. The quantitative estimate of drug-likeness (QED) is 0.706. The smallest absolute Gasteiger partial charge is 0.337 e. The van der Waals surface area contributed by atoms with Gasteiger partial charge in [0.1, 0.15) is 0 Å². The second kappa shape index (κ2) is 3.68. The van der Waals surface area contributed by atoms with Crippen LogP contribution in [-0.4, -0.2) is 16.1 Å². The van der Waals surface area contributed by atoms with Crippen LogP contribution in [0.5, 0.6) is 0 Å². The molecule has 0 saturated carbocycles. The molecule has 0 radical (unpaired) electrons. The van der Waals surface area contributed by atoms with E-state index in [0.29, 0.717) is 16.3 Å². The number of fused-ring (bicyclic) bond motifs is 2. The van der Waals surface area contributed by atoms with E-state index in [1.807, 2.05) is 6.92 Å². The van der Waals surface area contributed by atoms with E-state index in [2.05, 4.69) is 4.98 Å². The topological polar surface area (TPSA) is 70.2 Å². The number of aromatic nitrogens is 1. The van der Waals surface area contributed by atoms with Crippen molar-refractivity contribution in [3.05, 3.63) is 44.2 Å². The summed E-state index contributed by atoms with van der Waals surface area (Å²) in [6, 6.07) is 4.73. The Kier molecular flexibility index (Phi) is 2.24. The maximum atomic E-state index is 12.3. The molecule has 1 aromatic carbocycles. The number of carboxylic acids is 1. The van der Waals surface area contributed by atoms with Gasteiger partial charge in [0.05, 0.1) is 22.0 Å². The van der Waals surface area contributed by atoms with E-state index >= 15 is 0 Å². The first-order valence-corrected chi connectivity index (χ1v) is 6.23. The summed E-state index contributed by atoms with van der Waals surface area (Å²) in [6.45, 7) is 1.90. The summed E-state index contributed by atoms with van der Waals surface area (Å²) in [4.78, 5) is 27.5. The molecule has 0 atom stereocenters. The van der Waals surface area contributed by atoms with Crippen LogP contribution in [0.2, 0.25) is 0 Å². The monoisotopic (exact) mass is 259 g/mol. The standard InChI is InChI=1S/C13H9NO3S/c1-6-10-9(5-18-6)12(15)7-3-2-4-8(13(16)17)11(7)14-10/h2-5,14H,1H3,(H,16,17). The molecule has 3 aromatic rings. The van der Waals surface area contributed by atoms with Gasteiger partial charge in [-0.25, -0.2) is 4.79 Å². The third-order valence-electron chi connectivity index (χ3n) is 3.01. The number of H-pyrrole nitrogens is 1. The number of carboxylic acid groups (broad SMARTS) is 1. The largest absolute Gasteiger partial charge is 0.478 e. The lowest BCUT2D eigenvalue weighted by Crippen LogP contribution is -2.07. The Hall–Kier alpha value is -2.14. The van der Waals surface area contributed by atoms with Crippen molar-refractivity contribution in [3.63, 3.8) is 0 Å². The average Bonchev–Trinajstić information content (AvgIpc) is 2.71. The number of hydrogen-bond donors (Lipinski definition) is 2. The van der Waals surface area contributed by atoms with E-state index in [-0.39, 0.29) is 11.0 Å². The molecule has 0 fully saturated rings. The highest BCUT2D eigenvalue weighted by Crippen LogP contribution is 2.24. The molecule has 0 amide bonds. The fourth-order valence-electron chi connectivity index (χ4n) is 2.10. The number of rotatable bonds is 1. The van der Waals surface area contributed by atoms with Gasteiger partial charge in [-0.05, 0) is 19.1 Å². The van der Waals surface area contributed by atoms with Gasteiger partial charge < -0.3 is 10.1 Å². The van der Waals surface area contributed by atoms with E-state index in [0.717, 1.165) is 10.4 Å².